The molecule has 2 aromatic heterocycles. The van der Waals surface area contributed by atoms with Crippen LogP contribution in [0.25, 0.3) is 0 Å². The Labute approximate surface area is 219 Å². The van der Waals surface area contributed by atoms with E-state index < -0.39 is 11.7 Å². The van der Waals surface area contributed by atoms with Crippen LogP contribution in [0.15, 0.2) is 53.0 Å². The van der Waals surface area contributed by atoms with E-state index in [1.165, 1.54) is 11.3 Å². The number of allylic oxidation sites excluding steroid dienone is 2. The van der Waals surface area contributed by atoms with Gasteiger partial charge >= 0.3 is 6.09 Å². The summed E-state index contributed by atoms with van der Waals surface area (Å²) in [5.41, 5.74) is 0.281. The zero-order valence-corrected chi connectivity index (χ0v) is 22.0. The molecule has 36 heavy (non-hydrogen) atoms. The van der Waals surface area contributed by atoms with Gasteiger partial charge in [-0.2, -0.15) is 0 Å². The fourth-order valence-electron chi connectivity index (χ4n) is 3.65. The summed E-state index contributed by atoms with van der Waals surface area (Å²) in [6.07, 6.45) is 9.73. The Hall–Kier alpha value is -3.24. The lowest BCUT2D eigenvalue weighted by Gasteiger charge is -2.27. The molecule has 9 nitrogen and oxygen atoms in total. The number of rotatable bonds is 8. The van der Waals surface area contributed by atoms with Gasteiger partial charge in [-0.1, -0.05) is 35.9 Å². The number of hydrogen-bond donors (Lipinski definition) is 2. The predicted molar refractivity (Wildman–Crippen MR) is 140 cm³/mol. The van der Waals surface area contributed by atoms with Crippen molar-refractivity contribution >= 4 is 40.8 Å². The molecule has 3 heterocycles. The van der Waals surface area contributed by atoms with Crippen molar-refractivity contribution in [1.29, 1.82) is 0 Å². The van der Waals surface area contributed by atoms with Crippen LogP contribution in [0.4, 0.5) is 4.79 Å². The number of amides is 2. The van der Waals surface area contributed by atoms with Crippen LogP contribution >= 0.6 is 22.9 Å². The molecule has 0 radical (unpaired) electrons. The number of nitrogens with one attached hydrogen (secondary N) is 2. The first-order chi connectivity index (χ1) is 17.2. The van der Waals surface area contributed by atoms with Crippen molar-refractivity contribution in [3.05, 3.63) is 69.4 Å². The minimum Gasteiger partial charge on any atom is -0.444 e. The van der Waals surface area contributed by atoms with Gasteiger partial charge in [0.05, 0.1) is 40.9 Å². The summed E-state index contributed by atoms with van der Waals surface area (Å²) < 4.78 is 5.62. The van der Waals surface area contributed by atoms with Crippen LogP contribution < -0.4 is 10.6 Å². The van der Waals surface area contributed by atoms with E-state index >= 15 is 0 Å². The number of halogens is 1. The third kappa shape index (κ3) is 6.92. The molecule has 0 aromatic carbocycles. The number of carbonyl (C=O) groups is 2. The number of aromatic nitrogens is 2. The number of amidine groups is 1. The van der Waals surface area contributed by atoms with Crippen LogP contribution in [0.2, 0.25) is 5.02 Å². The van der Waals surface area contributed by atoms with Crippen molar-refractivity contribution in [2.24, 2.45) is 4.99 Å². The van der Waals surface area contributed by atoms with Crippen LogP contribution in [0.5, 0.6) is 0 Å². The molecule has 0 saturated carbocycles. The maximum absolute atomic E-state index is 12.9. The lowest BCUT2D eigenvalue weighted by atomic mass is 10.1. The number of nitrogens with zero attached hydrogens (tertiary/aromatic N) is 4. The molecule has 2 aliphatic rings. The molecule has 1 aliphatic heterocycles. The quantitative estimate of drug-likeness (QED) is 0.540. The minimum absolute atomic E-state index is 0.0338. The summed E-state index contributed by atoms with van der Waals surface area (Å²) in [6, 6.07) is 3.59. The number of aliphatic imine (C=N–C) groups is 1. The minimum atomic E-state index is -0.622. The maximum atomic E-state index is 12.9. The van der Waals surface area contributed by atoms with Crippen molar-refractivity contribution in [2.75, 3.05) is 13.1 Å². The van der Waals surface area contributed by atoms with Crippen LogP contribution in [-0.4, -0.2) is 63.5 Å². The number of thiazole rings is 1. The van der Waals surface area contributed by atoms with Crippen molar-refractivity contribution in [1.82, 2.24) is 25.5 Å². The molecule has 190 valence electrons. The van der Waals surface area contributed by atoms with Gasteiger partial charge in [0.1, 0.15) is 17.1 Å². The molecule has 2 N–H and O–H groups in total. The molecule has 0 saturated heterocycles. The number of ether oxygens (including phenoxy) is 1. The average molecular weight is 529 g/mol. The van der Waals surface area contributed by atoms with Gasteiger partial charge in [0.2, 0.25) is 0 Å². The zero-order chi connectivity index (χ0) is 25.7. The van der Waals surface area contributed by atoms with Crippen LogP contribution in [-0.2, 0) is 17.7 Å². The first-order valence-corrected chi connectivity index (χ1v) is 12.9. The summed E-state index contributed by atoms with van der Waals surface area (Å²) in [5.74, 6) is 0.427. The SMILES string of the molecule is CC(C)(C)OC(=O)N(CCc1nc(C(=O)NCc2ncccc2Cl)cs1)CC1=NC2C=CC=CC2N1. The standard InChI is InChI=1S/C25H29ClN6O3S/c1-25(2,3)35-24(34)32(14-21-29-17-8-4-5-9-18(17)30-21)12-10-22-31-20(15-36-22)23(33)28-13-19-16(26)7-6-11-27-19/h4-9,11,15,17-18H,10,12-14H2,1-3H3,(H,28,33)(H,29,30). The molecule has 2 amide bonds. The van der Waals surface area contributed by atoms with Crippen molar-refractivity contribution in [3.63, 3.8) is 0 Å². The molecule has 0 fully saturated rings. The van der Waals surface area contributed by atoms with Crippen molar-refractivity contribution in [2.45, 2.75) is 51.4 Å². The zero-order valence-electron chi connectivity index (χ0n) is 20.4. The van der Waals surface area contributed by atoms with E-state index in [0.717, 1.165) is 10.8 Å². The highest BCUT2D eigenvalue weighted by atomic mass is 35.5. The second-order valence-corrected chi connectivity index (χ2v) is 10.7. The number of carbonyl (C=O) groups excluding carboxylic acids is 2. The van der Waals surface area contributed by atoms with E-state index in [1.807, 2.05) is 39.0 Å². The van der Waals surface area contributed by atoms with E-state index in [2.05, 4.69) is 26.7 Å². The highest BCUT2D eigenvalue weighted by Gasteiger charge is 2.29. The van der Waals surface area contributed by atoms with E-state index in [0.29, 0.717) is 35.9 Å². The Kier molecular flexibility index (Phi) is 8.05. The fourth-order valence-corrected chi connectivity index (χ4v) is 4.61. The van der Waals surface area contributed by atoms with E-state index in [9.17, 15) is 9.59 Å². The van der Waals surface area contributed by atoms with Crippen molar-refractivity contribution < 1.29 is 14.3 Å². The Morgan fingerprint density at radius 1 is 1.28 bits per heavy atom. The highest BCUT2D eigenvalue weighted by Crippen LogP contribution is 2.18. The third-order valence-electron chi connectivity index (χ3n) is 5.37. The Bertz CT molecular complexity index is 1200. The topological polar surface area (TPSA) is 109 Å². The van der Waals surface area contributed by atoms with Gasteiger partial charge in [-0.3, -0.25) is 14.8 Å². The lowest BCUT2D eigenvalue weighted by Crippen LogP contribution is -2.44. The molecular weight excluding hydrogens is 500 g/mol. The molecule has 2 atom stereocenters. The Morgan fingerprint density at radius 3 is 2.83 bits per heavy atom. The smallest absolute Gasteiger partial charge is 0.410 e. The van der Waals surface area contributed by atoms with E-state index in [4.69, 9.17) is 21.3 Å². The normalized spacial score (nSPS) is 18.3. The number of fused-ring (bicyclic) bond motifs is 1. The predicted octanol–water partition coefficient (Wildman–Crippen LogP) is 3.77. The van der Waals surface area contributed by atoms with Gasteiger partial charge in [-0.25, -0.2) is 9.78 Å². The fraction of sp³-hybridized carbons (Fsp3) is 0.400. The van der Waals surface area contributed by atoms with Gasteiger partial charge in [0.25, 0.3) is 5.91 Å². The monoisotopic (exact) mass is 528 g/mol. The molecular formula is C25H29ClN6O3S. The van der Waals surface area contributed by atoms with Gasteiger partial charge in [-0.15, -0.1) is 11.3 Å². The van der Waals surface area contributed by atoms with E-state index in [-0.39, 0.29) is 24.5 Å². The van der Waals surface area contributed by atoms with E-state index in [1.54, 1.807) is 28.6 Å². The first-order valence-electron chi connectivity index (χ1n) is 11.7. The molecule has 2 unspecified atom stereocenters. The summed E-state index contributed by atoms with van der Waals surface area (Å²) in [7, 11) is 0. The van der Waals surface area contributed by atoms with Crippen molar-refractivity contribution in [3.8, 4) is 0 Å². The number of hydrogen-bond acceptors (Lipinski definition) is 8. The van der Waals surface area contributed by atoms with Gasteiger partial charge in [-0.05, 0) is 32.9 Å². The molecule has 2 aromatic rings. The molecule has 1 aliphatic carbocycles. The third-order valence-corrected chi connectivity index (χ3v) is 6.62. The van der Waals surface area contributed by atoms with Gasteiger partial charge < -0.3 is 20.3 Å². The van der Waals surface area contributed by atoms with Gasteiger partial charge in [0.15, 0.2) is 0 Å². The van der Waals surface area contributed by atoms with Crippen LogP contribution in [0.1, 0.15) is 42.0 Å². The second-order valence-electron chi connectivity index (χ2n) is 9.40. The Morgan fingerprint density at radius 2 is 2.08 bits per heavy atom. The second kappa shape index (κ2) is 11.2. The molecule has 0 spiro atoms. The number of pyridine rings is 1. The molecule has 11 heteroatoms. The average Bonchev–Trinajstić information content (AvgIpc) is 3.46. The summed E-state index contributed by atoms with van der Waals surface area (Å²) in [4.78, 5) is 40.4. The largest absolute Gasteiger partial charge is 0.444 e. The maximum Gasteiger partial charge on any atom is 0.410 e. The lowest BCUT2D eigenvalue weighted by molar-refractivity contribution is 0.0279. The highest BCUT2D eigenvalue weighted by molar-refractivity contribution is 7.09. The summed E-state index contributed by atoms with van der Waals surface area (Å²) in [6.45, 7) is 6.38. The molecule has 4 rings (SSSR count). The summed E-state index contributed by atoms with van der Waals surface area (Å²) in [5, 5.41) is 9.10. The molecule has 0 bridgehead atoms. The summed E-state index contributed by atoms with van der Waals surface area (Å²) >= 11 is 7.47. The first kappa shape index (κ1) is 25.8. The van der Waals surface area contributed by atoms with Crippen LogP contribution in [0, 0.1) is 0 Å². The van der Waals surface area contributed by atoms with Crippen LogP contribution in [0.3, 0.4) is 0 Å². The van der Waals surface area contributed by atoms with Gasteiger partial charge in [0, 0.05) is 24.5 Å². The Balaban J connectivity index is 1.36.